The molecule has 0 bridgehead atoms. The van der Waals surface area contributed by atoms with E-state index < -0.39 is 0 Å². The zero-order valence-corrected chi connectivity index (χ0v) is 17.8. The number of nitrogens with zero attached hydrogens (tertiary/aromatic N) is 5. The maximum Gasteiger partial charge on any atom is 0.267 e. The highest BCUT2D eigenvalue weighted by molar-refractivity contribution is 7.08. The van der Waals surface area contributed by atoms with E-state index in [-0.39, 0.29) is 5.91 Å². The smallest absolute Gasteiger partial charge is 0.267 e. The average Bonchev–Trinajstić information content (AvgIpc) is 3.39. The summed E-state index contributed by atoms with van der Waals surface area (Å²) in [6, 6.07) is 6.16. The Hall–Kier alpha value is -2.61. The lowest BCUT2D eigenvalue weighted by Gasteiger charge is -2.31. The van der Waals surface area contributed by atoms with Crippen LogP contribution >= 0.6 is 11.5 Å². The number of hydrogen-bond donors (Lipinski definition) is 0. The van der Waals surface area contributed by atoms with Gasteiger partial charge in [0.25, 0.3) is 5.91 Å². The first-order valence-electron chi connectivity index (χ1n) is 10.1. The molecule has 0 unspecified atom stereocenters. The Labute approximate surface area is 174 Å². The number of carbonyl (C=O) groups is 1. The minimum atomic E-state index is 0.0599. The summed E-state index contributed by atoms with van der Waals surface area (Å²) >= 11 is 1.20. The molecule has 0 aliphatic carbocycles. The van der Waals surface area contributed by atoms with E-state index in [4.69, 9.17) is 9.51 Å². The number of aryl methyl sites for hydroxylation is 3. The Morgan fingerprint density at radius 1 is 1.24 bits per heavy atom. The lowest BCUT2D eigenvalue weighted by Crippen LogP contribution is -2.38. The predicted octanol–water partition coefficient (Wildman–Crippen LogP) is 4.04. The molecule has 1 aliphatic heterocycles. The van der Waals surface area contributed by atoms with Gasteiger partial charge >= 0.3 is 0 Å². The summed E-state index contributed by atoms with van der Waals surface area (Å²) in [5.41, 5.74) is 4.67. The van der Waals surface area contributed by atoms with Gasteiger partial charge in [0.15, 0.2) is 0 Å². The van der Waals surface area contributed by atoms with Gasteiger partial charge in [0.2, 0.25) is 0 Å². The molecule has 0 saturated carbocycles. The molecule has 0 spiro atoms. The van der Waals surface area contributed by atoms with Gasteiger partial charge in [-0.1, -0.05) is 29.6 Å². The van der Waals surface area contributed by atoms with E-state index in [1.54, 1.807) is 0 Å². The topological polar surface area (TPSA) is 85.0 Å². The van der Waals surface area contributed by atoms with Gasteiger partial charge in [-0.2, -0.15) is 0 Å². The van der Waals surface area contributed by atoms with Crippen LogP contribution in [0.15, 0.2) is 22.7 Å². The molecule has 1 fully saturated rings. The van der Waals surface area contributed by atoms with E-state index in [9.17, 15) is 4.79 Å². The van der Waals surface area contributed by atoms with Crippen LogP contribution in [0.3, 0.4) is 0 Å². The Balaban J connectivity index is 1.48. The van der Waals surface area contributed by atoms with Crippen LogP contribution in [-0.4, -0.2) is 43.6 Å². The second kappa shape index (κ2) is 8.41. The number of carbonyl (C=O) groups excluding carboxylic acids is 1. The van der Waals surface area contributed by atoms with Crippen molar-refractivity contribution in [3.8, 4) is 11.3 Å². The van der Waals surface area contributed by atoms with Crippen molar-refractivity contribution in [2.45, 2.75) is 52.4 Å². The van der Waals surface area contributed by atoms with Crippen LogP contribution in [0.1, 0.15) is 65.1 Å². The molecule has 1 saturated heterocycles. The SMILES string of the molecule is CCc1nnsc1C(=O)N1CCC(c2cccc(-c3c(C)noc3CC)n2)CC1. The van der Waals surface area contributed by atoms with Crippen molar-refractivity contribution in [1.82, 2.24) is 24.6 Å². The Bertz CT molecular complexity index is 1000. The molecule has 1 aliphatic rings. The van der Waals surface area contributed by atoms with Crippen molar-refractivity contribution in [2.24, 2.45) is 0 Å². The number of pyridine rings is 1. The average molecular weight is 412 g/mol. The second-order valence-corrected chi connectivity index (χ2v) is 8.09. The fourth-order valence-corrected chi connectivity index (χ4v) is 4.65. The van der Waals surface area contributed by atoms with Crippen molar-refractivity contribution >= 4 is 17.4 Å². The largest absolute Gasteiger partial charge is 0.360 e. The first-order chi connectivity index (χ1) is 14.1. The van der Waals surface area contributed by atoms with Crippen molar-refractivity contribution in [1.29, 1.82) is 0 Å². The minimum absolute atomic E-state index is 0.0599. The number of likely N-dealkylation sites (tertiary alicyclic amines) is 1. The van der Waals surface area contributed by atoms with Crippen LogP contribution in [0.2, 0.25) is 0 Å². The van der Waals surface area contributed by atoms with Crippen molar-refractivity contribution in [3.05, 3.63) is 45.9 Å². The summed E-state index contributed by atoms with van der Waals surface area (Å²) < 4.78 is 9.38. The maximum atomic E-state index is 12.8. The molecule has 3 aromatic heterocycles. The molecule has 4 heterocycles. The summed E-state index contributed by atoms with van der Waals surface area (Å²) in [4.78, 5) is 20.4. The fraction of sp³-hybridized carbons (Fsp3) is 0.476. The zero-order chi connectivity index (χ0) is 20.4. The summed E-state index contributed by atoms with van der Waals surface area (Å²) in [5.74, 6) is 1.27. The number of hydrogen-bond acceptors (Lipinski definition) is 7. The van der Waals surface area contributed by atoms with E-state index in [1.165, 1.54) is 11.5 Å². The van der Waals surface area contributed by atoms with Crippen LogP contribution in [0.4, 0.5) is 0 Å². The molecule has 0 atom stereocenters. The van der Waals surface area contributed by atoms with Crippen molar-refractivity contribution in [3.63, 3.8) is 0 Å². The van der Waals surface area contributed by atoms with Crippen molar-refractivity contribution in [2.75, 3.05) is 13.1 Å². The van der Waals surface area contributed by atoms with E-state index >= 15 is 0 Å². The van der Waals surface area contributed by atoms with Gasteiger partial charge in [-0.3, -0.25) is 9.78 Å². The monoisotopic (exact) mass is 411 g/mol. The van der Waals surface area contributed by atoms with Crippen LogP contribution in [0.5, 0.6) is 0 Å². The first kappa shape index (κ1) is 19.7. The van der Waals surface area contributed by atoms with Crippen LogP contribution < -0.4 is 0 Å². The Morgan fingerprint density at radius 2 is 2.03 bits per heavy atom. The van der Waals surface area contributed by atoms with Gasteiger partial charge in [0.1, 0.15) is 10.6 Å². The molecule has 0 N–H and O–H groups in total. The van der Waals surface area contributed by atoms with Crippen LogP contribution in [0, 0.1) is 6.92 Å². The Morgan fingerprint density at radius 3 is 2.76 bits per heavy atom. The van der Waals surface area contributed by atoms with Gasteiger partial charge in [-0.05, 0) is 49.9 Å². The summed E-state index contributed by atoms with van der Waals surface area (Å²) in [6.45, 7) is 7.46. The Kier molecular flexibility index (Phi) is 5.71. The number of amides is 1. The lowest BCUT2D eigenvalue weighted by molar-refractivity contribution is 0.0715. The molecule has 8 heteroatoms. The highest BCUT2D eigenvalue weighted by atomic mass is 32.1. The molecule has 152 valence electrons. The zero-order valence-electron chi connectivity index (χ0n) is 17.0. The summed E-state index contributed by atoms with van der Waals surface area (Å²) in [7, 11) is 0. The number of piperidine rings is 1. The molecule has 0 aromatic carbocycles. The number of aromatic nitrogens is 4. The maximum absolute atomic E-state index is 12.8. The minimum Gasteiger partial charge on any atom is -0.360 e. The standard InChI is InChI=1S/C21H25N5O2S/c1-4-15-20(29-25-23-15)21(27)26-11-9-14(10-12-26)16-7-6-8-17(22-16)19-13(3)24-28-18(19)5-2/h6-8,14H,4-5,9-12H2,1-3H3. The third-order valence-corrected chi connectivity index (χ3v) is 6.32. The third kappa shape index (κ3) is 3.81. The number of rotatable bonds is 5. The summed E-state index contributed by atoms with van der Waals surface area (Å²) in [6.07, 6.45) is 3.32. The molecular weight excluding hydrogens is 386 g/mol. The van der Waals surface area contributed by atoms with Crippen LogP contribution in [0.25, 0.3) is 11.3 Å². The van der Waals surface area contributed by atoms with Crippen molar-refractivity contribution < 1.29 is 9.32 Å². The van der Waals surface area contributed by atoms with Gasteiger partial charge < -0.3 is 9.42 Å². The summed E-state index contributed by atoms with van der Waals surface area (Å²) in [5, 5.41) is 8.17. The van der Waals surface area contributed by atoms with E-state index in [0.717, 1.165) is 72.9 Å². The van der Waals surface area contributed by atoms with Gasteiger partial charge in [0.05, 0.1) is 22.6 Å². The molecule has 4 rings (SSSR count). The third-order valence-electron chi connectivity index (χ3n) is 5.57. The molecule has 29 heavy (non-hydrogen) atoms. The van der Waals surface area contributed by atoms with Crippen LogP contribution in [-0.2, 0) is 12.8 Å². The fourth-order valence-electron chi connectivity index (χ4n) is 3.93. The molecular formula is C21H25N5O2S. The highest BCUT2D eigenvalue weighted by Crippen LogP contribution is 2.31. The van der Waals surface area contributed by atoms with Gasteiger partial charge in [-0.25, -0.2) is 0 Å². The first-order valence-corrected chi connectivity index (χ1v) is 10.9. The van der Waals surface area contributed by atoms with E-state index in [1.807, 2.05) is 24.8 Å². The predicted molar refractivity (Wildman–Crippen MR) is 111 cm³/mol. The second-order valence-electron chi connectivity index (χ2n) is 7.34. The molecule has 3 aromatic rings. The molecule has 7 nitrogen and oxygen atoms in total. The highest BCUT2D eigenvalue weighted by Gasteiger charge is 2.28. The van der Waals surface area contributed by atoms with Gasteiger partial charge in [-0.15, -0.1) is 5.10 Å². The van der Waals surface area contributed by atoms with E-state index in [0.29, 0.717) is 10.8 Å². The normalized spacial score (nSPS) is 15.1. The molecule has 0 radical (unpaired) electrons. The van der Waals surface area contributed by atoms with Gasteiger partial charge in [0, 0.05) is 31.1 Å². The lowest BCUT2D eigenvalue weighted by atomic mass is 9.92. The quantitative estimate of drug-likeness (QED) is 0.630. The molecule has 1 amide bonds. The van der Waals surface area contributed by atoms with E-state index in [2.05, 4.69) is 33.8 Å².